The number of nitrogens with one attached hydrogen (secondary N) is 1. The van der Waals surface area contributed by atoms with Crippen LogP contribution < -0.4 is 5.73 Å². The lowest BCUT2D eigenvalue weighted by Gasteiger charge is -2.32. The molecule has 0 bridgehead atoms. The molecule has 0 saturated carbocycles. The number of carbonyl (C=O) groups is 1. The molecule has 0 spiro atoms. The van der Waals surface area contributed by atoms with E-state index in [1.165, 1.54) is 6.07 Å². The maximum atomic E-state index is 12.9. The van der Waals surface area contributed by atoms with Crippen LogP contribution in [0.25, 0.3) is 11.0 Å². The molecule has 1 saturated heterocycles. The lowest BCUT2D eigenvalue weighted by atomic mass is 9.96. The Bertz CT molecular complexity index is 1010. The van der Waals surface area contributed by atoms with Crippen LogP contribution in [-0.2, 0) is 4.79 Å². The Balaban J connectivity index is 1.45. The topological polar surface area (TPSA) is 118 Å². The lowest BCUT2D eigenvalue weighted by molar-refractivity contribution is -0.385. The second kappa shape index (κ2) is 8.00. The number of benzene rings is 2. The predicted octanol–water partition coefficient (Wildman–Crippen LogP) is 3.27. The van der Waals surface area contributed by atoms with E-state index in [9.17, 15) is 14.9 Å². The molecule has 1 amide bonds. The van der Waals surface area contributed by atoms with Crippen molar-refractivity contribution in [3.63, 3.8) is 0 Å². The fourth-order valence-electron chi connectivity index (χ4n) is 3.99. The first-order chi connectivity index (χ1) is 14.0. The van der Waals surface area contributed by atoms with Gasteiger partial charge in [0.2, 0.25) is 5.91 Å². The largest absolute Gasteiger partial charge is 0.342 e. The molecule has 1 aromatic heterocycles. The van der Waals surface area contributed by atoms with Crippen molar-refractivity contribution in [2.45, 2.75) is 31.2 Å². The number of piperidine rings is 1. The summed E-state index contributed by atoms with van der Waals surface area (Å²) in [5, 5.41) is 11.2. The smallest absolute Gasteiger partial charge is 0.274 e. The third-order valence-electron chi connectivity index (χ3n) is 5.50. The Morgan fingerprint density at radius 2 is 2.03 bits per heavy atom. The van der Waals surface area contributed by atoms with Gasteiger partial charge in [0.25, 0.3) is 5.69 Å². The number of aromatic nitrogens is 2. The molecule has 29 heavy (non-hydrogen) atoms. The quantitative estimate of drug-likeness (QED) is 0.509. The van der Waals surface area contributed by atoms with Crippen LogP contribution in [0.5, 0.6) is 0 Å². The second-order valence-electron chi connectivity index (χ2n) is 7.44. The van der Waals surface area contributed by atoms with E-state index in [-0.39, 0.29) is 23.9 Å². The minimum Gasteiger partial charge on any atom is -0.342 e. The summed E-state index contributed by atoms with van der Waals surface area (Å²) in [6, 6.07) is 13.5. The van der Waals surface area contributed by atoms with E-state index in [0.29, 0.717) is 18.7 Å². The van der Waals surface area contributed by atoms with Crippen molar-refractivity contribution in [2.24, 2.45) is 5.73 Å². The number of nitro benzene ring substituents is 1. The third kappa shape index (κ3) is 3.97. The standard InChI is InChI=1S/C21H23N5O3/c22-16(15-7-1-4-10-19(15)26(28)29)12-20(27)25-11-5-6-14(13-25)21-23-17-8-2-3-9-18(17)24-21/h1-4,7-10,14,16H,5-6,11-13,22H2,(H,23,24)/t14?,16-/m0/s1. The Labute approximate surface area is 167 Å². The van der Waals surface area contributed by atoms with Crippen LogP contribution in [0.3, 0.4) is 0 Å². The number of fused-ring (bicyclic) bond motifs is 1. The first-order valence-electron chi connectivity index (χ1n) is 9.74. The highest BCUT2D eigenvalue weighted by Gasteiger charge is 2.29. The van der Waals surface area contributed by atoms with Crippen molar-refractivity contribution >= 4 is 22.6 Å². The maximum Gasteiger partial charge on any atom is 0.274 e. The van der Waals surface area contributed by atoms with Gasteiger partial charge in [-0.1, -0.05) is 30.3 Å². The molecule has 4 rings (SSSR count). The molecule has 1 fully saturated rings. The third-order valence-corrected chi connectivity index (χ3v) is 5.50. The van der Waals surface area contributed by atoms with Crippen molar-refractivity contribution < 1.29 is 9.72 Å². The van der Waals surface area contributed by atoms with E-state index in [2.05, 4.69) is 9.97 Å². The summed E-state index contributed by atoms with van der Waals surface area (Å²) in [5.41, 5.74) is 8.41. The molecule has 3 aromatic rings. The zero-order valence-electron chi connectivity index (χ0n) is 16.0. The van der Waals surface area contributed by atoms with Gasteiger partial charge in [0, 0.05) is 43.1 Å². The first-order valence-corrected chi connectivity index (χ1v) is 9.74. The average molecular weight is 393 g/mol. The number of nitro groups is 1. The molecule has 150 valence electrons. The van der Waals surface area contributed by atoms with Crippen LogP contribution in [-0.4, -0.2) is 38.8 Å². The number of rotatable bonds is 5. The Hall–Kier alpha value is -3.26. The lowest BCUT2D eigenvalue weighted by Crippen LogP contribution is -2.40. The molecule has 1 aliphatic heterocycles. The summed E-state index contributed by atoms with van der Waals surface area (Å²) < 4.78 is 0. The van der Waals surface area contributed by atoms with Gasteiger partial charge in [0.1, 0.15) is 5.82 Å². The van der Waals surface area contributed by atoms with E-state index >= 15 is 0 Å². The van der Waals surface area contributed by atoms with Crippen LogP contribution >= 0.6 is 0 Å². The highest BCUT2D eigenvalue weighted by atomic mass is 16.6. The Morgan fingerprint density at radius 1 is 1.28 bits per heavy atom. The average Bonchev–Trinajstić information content (AvgIpc) is 3.18. The van der Waals surface area contributed by atoms with Crippen molar-refractivity contribution in [1.82, 2.24) is 14.9 Å². The number of imidazole rings is 1. The highest BCUT2D eigenvalue weighted by Crippen LogP contribution is 2.29. The summed E-state index contributed by atoms with van der Waals surface area (Å²) >= 11 is 0. The number of carbonyl (C=O) groups excluding carboxylic acids is 1. The second-order valence-corrected chi connectivity index (χ2v) is 7.44. The highest BCUT2D eigenvalue weighted by molar-refractivity contribution is 5.78. The SMILES string of the molecule is N[C@@H](CC(=O)N1CCCC(c2nc3ccccc3[nH]2)C1)c1ccccc1[N+](=O)[O-]. The summed E-state index contributed by atoms with van der Waals surface area (Å²) in [6.07, 6.45) is 1.88. The Kier molecular flexibility index (Phi) is 5.26. The van der Waals surface area contributed by atoms with Gasteiger partial charge >= 0.3 is 0 Å². The number of para-hydroxylation sites is 3. The van der Waals surface area contributed by atoms with Crippen molar-refractivity contribution in [2.75, 3.05) is 13.1 Å². The van der Waals surface area contributed by atoms with E-state index in [0.717, 1.165) is 29.7 Å². The predicted molar refractivity (Wildman–Crippen MR) is 109 cm³/mol. The molecule has 3 N–H and O–H groups in total. The van der Waals surface area contributed by atoms with Gasteiger partial charge in [0.05, 0.1) is 16.0 Å². The van der Waals surface area contributed by atoms with Gasteiger partial charge in [-0.25, -0.2) is 4.98 Å². The van der Waals surface area contributed by atoms with Crippen LogP contribution in [0.15, 0.2) is 48.5 Å². The number of aromatic amines is 1. The minimum atomic E-state index is -0.712. The summed E-state index contributed by atoms with van der Waals surface area (Å²) in [6.45, 7) is 1.24. The molecule has 2 heterocycles. The maximum absolute atomic E-state index is 12.9. The number of nitrogens with two attached hydrogens (primary N) is 1. The first kappa shape index (κ1) is 19.1. The van der Waals surface area contributed by atoms with Crippen LogP contribution in [0.2, 0.25) is 0 Å². The zero-order valence-corrected chi connectivity index (χ0v) is 16.0. The van der Waals surface area contributed by atoms with Gasteiger partial charge < -0.3 is 15.6 Å². The molecule has 2 atom stereocenters. The fourth-order valence-corrected chi connectivity index (χ4v) is 3.99. The zero-order chi connectivity index (χ0) is 20.4. The van der Waals surface area contributed by atoms with Crippen molar-refractivity contribution in [3.05, 3.63) is 70.0 Å². The van der Waals surface area contributed by atoms with Crippen molar-refractivity contribution in [1.29, 1.82) is 0 Å². The van der Waals surface area contributed by atoms with Gasteiger partial charge in [0.15, 0.2) is 0 Å². The van der Waals surface area contributed by atoms with Gasteiger partial charge in [-0.2, -0.15) is 0 Å². The Morgan fingerprint density at radius 3 is 2.83 bits per heavy atom. The molecule has 0 aliphatic carbocycles. The van der Waals surface area contributed by atoms with E-state index in [4.69, 9.17) is 5.73 Å². The summed E-state index contributed by atoms with van der Waals surface area (Å²) in [4.78, 5) is 33.5. The minimum absolute atomic E-state index is 0.0394. The van der Waals surface area contributed by atoms with E-state index < -0.39 is 11.0 Å². The van der Waals surface area contributed by atoms with Gasteiger partial charge in [-0.05, 0) is 25.0 Å². The number of nitrogens with zero attached hydrogens (tertiary/aromatic N) is 3. The normalized spacial score (nSPS) is 18.0. The molecular formula is C21H23N5O3. The molecule has 0 radical (unpaired) electrons. The molecule has 8 heteroatoms. The molecule has 2 aromatic carbocycles. The van der Waals surface area contributed by atoms with Crippen LogP contribution in [0.1, 0.15) is 42.6 Å². The van der Waals surface area contributed by atoms with Gasteiger partial charge in [-0.3, -0.25) is 14.9 Å². The molecule has 8 nitrogen and oxygen atoms in total. The van der Waals surface area contributed by atoms with E-state index in [1.807, 2.05) is 24.3 Å². The van der Waals surface area contributed by atoms with Crippen LogP contribution in [0.4, 0.5) is 5.69 Å². The summed E-state index contributed by atoms with van der Waals surface area (Å²) in [7, 11) is 0. The summed E-state index contributed by atoms with van der Waals surface area (Å²) in [5.74, 6) is 0.950. The van der Waals surface area contributed by atoms with Crippen molar-refractivity contribution in [3.8, 4) is 0 Å². The fraction of sp³-hybridized carbons (Fsp3) is 0.333. The van der Waals surface area contributed by atoms with E-state index in [1.54, 1.807) is 23.1 Å². The van der Waals surface area contributed by atoms with Gasteiger partial charge in [-0.15, -0.1) is 0 Å². The van der Waals surface area contributed by atoms with Crippen LogP contribution in [0, 0.1) is 10.1 Å². The monoisotopic (exact) mass is 393 g/mol. The number of H-pyrrole nitrogens is 1. The molecule has 1 aliphatic rings. The number of hydrogen-bond donors (Lipinski definition) is 2. The number of amides is 1. The molecule has 1 unspecified atom stereocenters. The number of hydrogen-bond acceptors (Lipinski definition) is 5. The number of likely N-dealkylation sites (tertiary alicyclic amines) is 1. The molecular weight excluding hydrogens is 370 g/mol.